The van der Waals surface area contributed by atoms with Gasteiger partial charge < -0.3 is 14.7 Å². The van der Waals surface area contributed by atoms with Crippen molar-refractivity contribution in [3.8, 4) is 6.07 Å². The van der Waals surface area contributed by atoms with Crippen LogP contribution in [0.25, 0.3) is 0 Å². The molecule has 6 heteroatoms. The predicted molar refractivity (Wildman–Crippen MR) is 95.0 cm³/mol. The van der Waals surface area contributed by atoms with Crippen molar-refractivity contribution in [2.24, 2.45) is 0 Å². The molecule has 2 aromatic carbocycles. The van der Waals surface area contributed by atoms with Crippen LogP contribution >= 0.6 is 11.6 Å². The highest BCUT2D eigenvalue weighted by Gasteiger charge is 2.23. The molecule has 25 heavy (non-hydrogen) atoms. The molecule has 2 aromatic rings. The maximum Gasteiger partial charge on any atom is 0.335 e. The van der Waals surface area contributed by atoms with Crippen molar-refractivity contribution in [1.29, 1.82) is 5.26 Å². The Morgan fingerprint density at radius 3 is 2.72 bits per heavy atom. The minimum Gasteiger partial charge on any atom is -0.478 e. The third kappa shape index (κ3) is 4.11. The molecule has 1 unspecified atom stereocenters. The first-order valence-corrected chi connectivity index (χ1v) is 8.33. The third-order valence-corrected chi connectivity index (χ3v) is 4.58. The number of hydrogen-bond donors (Lipinski definition) is 1. The molecular weight excluding hydrogens is 340 g/mol. The van der Waals surface area contributed by atoms with Crippen molar-refractivity contribution in [2.45, 2.75) is 19.1 Å². The largest absolute Gasteiger partial charge is 0.478 e. The number of rotatable bonds is 5. The minimum atomic E-state index is -0.931. The average Bonchev–Trinajstić information content (AvgIpc) is 3.09. The highest BCUT2D eigenvalue weighted by atomic mass is 35.5. The van der Waals surface area contributed by atoms with Crippen LogP contribution in [-0.2, 0) is 11.3 Å². The first-order valence-electron chi connectivity index (χ1n) is 7.95. The Bertz CT molecular complexity index is 814. The van der Waals surface area contributed by atoms with E-state index in [1.807, 2.05) is 12.1 Å². The van der Waals surface area contributed by atoms with E-state index in [4.69, 9.17) is 26.7 Å². The van der Waals surface area contributed by atoms with Gasteiger partial charge in [-0.15, -0.1) is 0 Å². The number of carbonyl (C=O) groups is 1. The standard InChI is InChI=1S/C19H17ClN2O3/c20-18-9-16(6-5-15(18)10-21)22-8-7-17(11-22)25-12-13-1-3-14(4-2-13)19(23)24/h1-6,9,17H,7-8,11-12H2,(H,23,24). The van der Waals surface area contributed by atoms with Gasteiger partial charge in [-0.25, -0.2) is 4.79 Å². The Morgan fingerprint density at radius 1 is 1.32 bits per heavy atom. The van der Waals surface area contributed by atoms with Crippen molar-refractivity contribution >= 4 is 23.3 Å². The summed E-state index contributed by atoms with van der Waals surface area (Å²) in [4.78, 5) is 13.0. The van der Waals surface area contributed by atoms with E-state index in [0.29, 0.717) is 17.2 Å². The number of anilines is 1. The highest BCUT2D eigenvalue weighted by molar-refractivity contribution is 6.32. The molecule has 128 valence electrons. The Hall–Kier alpha value is -2.55. The fraction of sp³-hybridized carbons (Fsp3) is 0.263. The van der Waals surface area contributed by atoms with Crippen molar-refractivity contribution < 1.29 is 14.6 Å². The lowest BCUT2D eigenvalue weighted by Crippen LogP contribution is -2.22. The molecule has 0 saturated carbocycles. The summed E-state index contributed by atoms with van der Waals surface area (Å²) in [5, 5.41) is 18.3. The molecule has 1 saturated heterocycles. The second-order valence-electron chi connectivity index (χ2n) is 5.95. The lowest BCUT2D eigenvalue weighted by molar-refractivity contribution is 0.0552. The number of nitriles is 1. The molecule has 1 N–H and O–H groups in total. The number of carboxylic acids is 1. The van der Waals surface area contributed by atoms with Gasteiger partial charge in [0.05, 0.1) is 28.9 Å². The van der Waals surface area contributed by atoms with Crippen LogP contribution in [0.15, 0.2) is 42.5 Å². The molecule has 0 amide bonds. The first-order chi connectivity index (χ1) is 12.1. The quantitative estimate of drug-likeness (QED) is 0.884. The lowest BCUT2D eigenvalue weighted by Gasteiger charge is -2.19. The van der Waals surface area contributed by atoms with Crippen LogP contribution in [-0.4, -0.2) is 30.3 Å². The monoisotopic (exact) mass is 356 g/mol. The van der Waals surface area contributed by atoms with Gasteiger partial charge in [0.1, 0.15) is 6.07 Å². The van der Waals surface area contributed by atoms with Crippen LogP contribution < -0.4 is 4.90 Å². The third-order valence-electron chi connectivity index (χ3n) is 4.27. The van der Waals surface area contributed by atoms with Crippen molar-refractivity contribution in [1.82, 2.24) is 0 Å². The number of benzene rings is 2. The highest BCUT2D eigenvalue weighted by Crippen LogP contribution is 2.27. The topological polar surface area (TPSA) is 73.6 Å². The number of hydrogen-bond acceptors (Lipinski definition) is 4. The molecule has 0 radical (unpaired) electrons. The van der Waals surface area contributed by atoms with Crippen LogP contribution in [0, 0.1) is 11.3 Å². The molecule has 0 spiro atoms. The van der Waals surface area contributed by atoms with Gasteiger partial charge in [0.15, 0.2) is 0 Å². The number of ether oxygens (including phenoxy) is 1. The van der Waals surface area contributed by atoms with E-state index in [0.717, 1.165) is 30.8 Å². The van der Waals surface area contributed by atoms with E-state index in [9.17, 15) is 4.79 Å². The van der Waals surface area contributed by atoms with Crippen molar-refractivity contribution in [3.05, 3.63) is 64.2 Å². The Kier molecular flexibility index (Phi) is 5.22. The van der Waals surface area contributed by atoms with Gasteiger partial charge in [0.25, 0.3) is 0 Å². The van der Waals surface area contributed by atoms with Gasteiger partial charge in [-0.1, -0.05) is 23.7 Å². The SMILES string of the molecule is N#Cc1ccc(N2CCC(OCc3ccc(C(=O)O)cc3)C2)cc1Cl. The summed E-state index contributed by atoms with van der Waals surface area (Å²) in [5.74, 6) is -0.931. The van der Waals surface area contributed by atoms with Gasteiger partial charge in [0.2, 0.25) is 0 Å². The van der Waals surface area contributed by atoms with Crippen LogP contribution in [0.3, 0.4) is 0 Å². The molecular formula is C19H17ClN2O3. The summed E-state index contributed by atoms with van der Waals surface area (Å²) >= 11 is 6.10. The van der Waals surface area contributed by atoms with Gasteiger partial charge in [-0.05, 0) is 42.3 Å². The molecule has 0 aliphatic carbocycles. The fourth-order valence-corrected chi connectivity index (χ4v) is 3.06. The molecule has 1 aliphatic rings. The number of aromatic carboxylic acids is 1. The second-order valence-corrected chi connectivity index (χ2v) is 6.35. The van der Waals surface area contributed by atoms with Crippen molar-refractivity contribution in [2.75, 3.05) is 18.0 Å². The van der Waals surface area contributed by atoms with Crippen LogP contribution in [0.1, 0.15) is 27.9 Å². The number of carboxylic acid groups (broad SMARTS) is 1. The maximum absolute atomic E-state index is 10.9. The minimum absolute atomic E-state index is 0.105. The zero-order valence-corrected chi connectivity index (χ0v) is 14.2. The Balaban J connectivity index is 1.55. The average molecular weight is 357 g/mol. The summed E-state index contributed by atoms with van der Waals surface area (Å²) in [6.45, 7) is 2.08. The molecule has 3 rings (SSSR count). The van der Waals surface area contributed by atoms with E-state index in [-0.39, 0.29) is 11.7 Å². The van der Waals surface area contributed by atoms with E-state index in [1.54, 1.807) is 30.3 Å². The first kappa shape index (κ1) is 17.3. The van der Waals surface area contributed by atoms with Gasteiger partial charge in [0, 0.05) is 18.8 Å². The van der Waals surface area contributed by atoms with Crippen LogP contribution in [0.4, 0.5) is 5.69 Å². The zero-order valence-electron chi connectivity index (χ0n) is 13.5. The summed E-state index contributed by atoms with van der Waals surface area (Å²) < 4.78 is 5.94. The smallest absolute Gasteiger partial charge is 0.335 e. The molecule has 1 heterocycles. The van der Waals surface area contributed by atoms with E-state index >= 15 is 0 Å². The Labute approximate surface area is 151 Å². The Morgan fingerprint density at radius 2 is 2.08 bits per heavy atom. The summed E-state index contributed by atoms with van der Waals surface area (Å²) in [5.41, 5.74) is 2.68. The predicted octanol–water partition coefficient (Wildman–Crippen LogP) is 3.71. The lowest BCUT2D eigenvalue weighted by atomic mass is 10.1. The van der Waals surface area contributed by atoms with E-state index in [1.165, 1.54) is 0 Å². The van der Waals surface area contributed by atoms with Crippen molar-refractivity contribution in [3.63, 3.8) is 0 Å². The molecule has 1 atom stereocenters. The van der Waals surface area contributed by atoms with Crippen LogP contribution in [0.5, 0.6) is 0 Å². The maximum atomic E-state index is 10.9. The number of halogens is 1. The summed E-state index contributed by atoms with van der Waals surface area (Å²) in [7, 11) is 0. The molecule has 1 aliphatic heterocycles. The van der Waals surface area contributed by atoms with Gasteiger partial charge >= 0.3 is 5.97 Å². The normalized spacial score (nSPS) is 16.6. The summed E-state index contributed by atoms with van der Waals surface area (Å²) in [6.07, 6.45) is 1.01. The van der Waals surface area contributed by atoms with E-state index in [2.05, 4.69) is 11.0 Å². The molecule has 0 bridgehead atoms. The molecule has 0 aromatic heterocycles. The molecule has 1 fully saturated rings. The van der Waals surface area contributed by atoms with Gasteiger partial charge in [-0.2, -0.15) is 5.26 Å². The second kappa shape index (κ2) is 7.56. The van der Waals surface area contributed by atoms with E-state index < -0.39 is 5.97 Å². The van der Waals surface area contributed by atoms with Gasteiger partial charge in [-0.3, -0.25) is 0 Å². The summed E-state index contributed by atoms with van der Waals surface area (Å²) in [6, 6.07) is 14.2. The fourth-order valence-electron chi connectivity index (χ4n) is 2.85. The van der Waals surface area contributed by atoms with Crippen LogP contribution in [0.2, 0.25) is 5.02 Å². The zero-order chi connectivity index (χ0) is 17.8. The molecule has 5 nitrogen and oxygen atoms in total. The number of nitrogens with zero attached hydrogens (tertiary/aromatic N) is 2.